The molecule has 5 heteroatoms. The number of hydrogen-bond donors (Lipinski definition) is 1. The van der Waals surface area contributed by atoms with E-state index in [2.05, 4.69) is 0 Å². The molecule has 4 aliphatic carbocycles. The van der Waals surface area contributed by atoms with E-state index in [9.17, 15) is 13.0 Å². The Hall–Kier alpha value is 1.55. The van der Waals surface area contributed by atoms with E-state index in [1.165, 1.54) is 19.3 Å². The van der Waals surface area contributed by atoms with Crippen molar-refractivity contribution in [3.8, 4) is 0 Å². The molecule has 15 heavy (non-hydrogen) atoms. The molecule has 0 unspecified atom stereocenters. The van der Waals surface area contributed by atoms with E-state index in [0.29, 0.717) is 17.8 Å². The Kier molecular flexibility index (Phi) is 3.50. The number of rotatable bonds is 1. The van der Waals surface area contributed by atoms with Crippen molar-refractivity contribution in [2.24, 2.45) is 17.8 Å². The molecular formula is C10H17KO3S. The fourth-order valence-corrected chi connectivity index (χ4v) is 5.69. The normalized spacial score (nSPS) is 47.7. The standard InChI is InChI=1S/C10H16O3S.K.H/c11-14(12,13)10-4-7-1-8(5-10)3-9(2-7)6-10;;/h7-9H,1-6H2,(H,11,12,13);;. The molecule has 0 amide bonds. The van der Waals surface area contributed by atoms with Gasteiger partial charge >= 0.3 is 51.4 Å². The van der Waals surface area contributed by atoms with Gasteiger partial charge < -0.3 is 0 Å². The Morgan fingerprint density at radius 2 is 1.27 bits per heavy atom. The van der Waals surface area contributed by atoms with Gasteiger partial charge in [-0.25, -0.2) is 0 Å². The summed E-state index contributed by atoms with van der Waals surface area (Å²) in [5, 5.41) is 0. The van der Waals surface area contributed by atoms with Crippen molar-refractivity contribution in [1.29, 1.82) is 0 Å². The molecule has 82 valence electrons. The molecule has 1 N–H and O–H groups in total. The maximum absolute atomic E-state index is 11.4. The molecule has 0 aromatic rings. The average molecular weight is 256 g/mol. The minimum absolute atomic E-state index is 0. The zero-order valence-corrected chi connectivity index (χ0v) is 8.96. The molecule has 3 nitrogen and oxygen atoms in total. The fourth-order valence-electron chi connectivity index (χ4n) is 4.35. The van der Waals surface area contributed by atoms with Crippen molar-refractivity contribution < 1.29 is 13.0 Å². The van der Waals surface area contributed by atoms with Crippen LogP contribution in [0.1, 0.15) is 38.5 Å². The molecule has 0 aromatic carbocycles. The van der Waals surface area contributed by atoms with Gasteiger partial charge in [0, 0.05) is 0 Å². The third-order valence-corrected chi connectivity index (χ3v) is 6.12. The van der Waals surface area contributed by atoms with Gasteiger partial charge in [0.05, 0.1) is 4.75 Å². The fraction of sp³-hybridized carbons (Fsp3) is 1.00. The van der Waals surface area contributed by atoms with Gasteiger partial charge in [-0.2, -0.15) is 8.42 Å². The van der Waals surface area contributed by atoms with Crippen molar-refractivity contribution in [2.45, 2.75) is 43.3 Å². The van der Waals surface area contributed by atoms with Crippen molar-refractivity contribution >= 4 is 61.5 Å². The van der Waals surface area contributed by atoms with E-state index in [-0.39, 0.29) is 51.4 Å². The van der Waals surface area contributed by atoms with Gasteiger partial charge in [0.25, 0.3) is 10.1 Å². The van der Waals surface area contributed by atoms with Crippen LogP contribution in [0, 0.1) is 17.8 Å². The first-order chi connectivity index (χ1) is 6.48. The molecule has 4 aliphatic rings. The van der Waals surface area contributed by atoms with Gasteiger partial charge in [0.15, 0.2) is 0 Å². The zero-order valence-electron chi connectivity index (χ0n) is 8.15. The predicted octanol–water partition coefficient (Wildman–Crippen LogP) is 1.19. The van der Waals surface area contributed by atoms with E-state index in [1.807, 2.05) is 0 Å². The number of hydrogen-bond acceptors (Lipinski definition) is 2. The third-order valence-electron chi connectivity index (χ3n) is 4.53. The Morgan fingerprint density at radius 3 is 1.53 bits per heavy atom. The summed E-state index contributed by atoms with van der Waals surface area (Å²) in [6.07, 6.45) is 5.77. The predicted molar refractivity (Wildman–Crippen MR) is 59.6 cm³/mol. The Bertz CT molecular complexity index is 328. The van der Waals surface area contributed by atoms with E-state index in [0.717, 1.165) is 19.3 Å². The molecule has 0 atom stereocenters. The van der Waals surface area contributed by atoms with E-state index in [1.54, 1.807) is 0 Å². The molecule has 0 aliphatic heterocycles. The van der Waals surface area contributed by atoms with Gasteiger partial charge in [-0.15, -0.1) is 0 Å². The van der Waals surface area contributed by atoms with Crippen LogP contribution in [-0.2, 0) is 10.1 Å². The molecule has 4 bridgehead atoms. The van der Waals surface area contributed by atoms with Gasteiger partial charge in [-0.05, 0) is 56.3 Å². The summed E-state index contributed by atoms with van der Waals surface area (Å²) in [7, 11) is -3.82. The van der Waals surface area contributed by atoms with Crippen LogP contribution in [0.5, 0.6) is 0 Å². The molecule has 4 saturated carbocycles. The van der Waals surface area contributed by atoms with Gasteiger partial charge in [0.1, 0.15) is 0 Å². The van der Waals surface area contributed by atoms with E-state index < -0.39 is 14.9 Å². The molecular weight excluding hydrogens is 239 g/mol. The van der Waals surface area contributed by atoms with Crippen LogP contribution in [-0.4, -0.2) is 69.1 Å². The summed E-state index contributed by atoms with van der Waals surface area (Å²) >= 11 is 0. The SMILES string of the molecule is O=S(=O)(O)C12CC3CC(CC(C3)C1)C2.[KH]. The van der Waals surface area contributed by atoms with Crippen molar-refractivity contribution in [3.63, 3.8) is 0 Å². The summed E-state index contributed by atoms with van der Waals surface area (Å²) < 4.78 is 31.5. The average Bonchev–Trinajstić information content (AvgIpc) is 1.98. The topological polar surface area (TPSA) is 54.4 Å². The Labute approximate surface area is 134 Å². The van der Waals surface area contributed by atoms with E-state index >= 15 is 0 Å². The van der Waals surface area contributed by atoms with Crippen LogP contribution < -0.4 is 0 Å². The first-order valence-corrected chi connectivity index (χ1v) is 6.89. The Balaban J connectivity index is 0.000000853. The van der Waals surface area contributed by atoms with Gasteiger partial charge in [-0.3, -0.25) is 4.55 Å². The second kappa shape index (κ2) is 4.04. The maximum atomic E-state index is 11.4. The van der Waals surface area contributed by atoms with Crippen molar-refractivity contribution in [3.05, 3.63) is 0 Å². The molecule has 4 rings (SSSR count). The minimum atomic E-state index is -3.82. The third kappa shape index (κ3) is 2.02. The summed E-state index contributed by atoms with van der Waals surface area (Å²) in [5.74, 6) is 1.72. The molecule has 4 fully saturated rings. The second-order valence-electron chi connectivity index (χ2n) is 5.58. The van der Waals surface area contributed by atoms with Crippen LogP contribution in [0.4, 0.5) is 0 Å². The molecule has 0 aromatic heterocycles. The van der Waals surface area contributed by atoms with Crippen LogP contribution in [0.25, 0.3) is 0 Å². The van der Waals surface area contributed by atoms with Crippen LogP contribution >= 0.6 is 0 Å². The first kappa shape index (κ1) is 13.0. The summed E-state index contributed by atoms with van der Waals surface area (Å²) in [6, 6.07) is 0. The van der Waals surface area contributed by atoms with Crippen molar-refractivity contribution in [1.82, 2.24) is 0 Å². The second-order valence-corrected chi connectivity index (χ2v) is 7.39. The zero-order chi connectivity index (χ0) is 9.97. The van der Waals surface area contributed by atoms with E-state index in [4.69, 9.17) is 0 Å². The Morgan fingerprint density at radius 1 is 0.933 bits per heavy atom. The quantitative estimate of drug-likeness (QED) is 0.566. The molecule has 0 radical (unpaired) electrons. The molecule has 0 saturated heterocycles. The van der Waals surface area contributed by atoms with Gasteiger partial charge in [-0.1, -0.05) is 0 Å². The summed E-state index contributed by atoms with van der Waals surface area (Å²) in [5.41, 5.74) is 0. The first-order valence-electron chi connectivity index (χ1n) is 5.45. The summed E-state index contributed by atoms with van der Waals surface area (Å²) in [6.45, 7) is 0. The van der Waals surface area contributed by atoms with Gasteiger partial charge in [0.2, 0.25) is 0 Å². The van der Waals surface area contributed by atoms with Crippen LogP contribution in [0.2, 0.25) is 0 Å². The van der Waals surface area contributed by atoms with Crippen LogP contribution in [0.15, 0.2) is 0 Å². The molecule has 0 spiro atoms. The summed E-state index contributed by atoms with van der Waals surface area (Å²) in [4.78, 5) is 0. The van der Waals surface area contributed by atoms with Crippen LogP contribution in [0.3, 0.4) is 0 Å². The van der Waals surface area contributed by atoms with Crippen molar-refractivity contribution in [2.75, 3.05) is 0 Å². The molecule has 0 heterocycles. The monoisotopic (exact) mass is 256 g/mol.